The third-order valence-corrected chi connectivity index (χ3v) is 2.91. The second-order valence-electron chi connectivity index (χ2n) is 4.34. The molecular formula is C13H14N4O4. The van der Waals surface area contributed by atoms with Crippen molar-refractivity contribution in [2.24, 2.45) is 0 Å². The van der Waals surface area contributed by atoms with Crippen molar-refractivity contribution in [2.45, 2.75) is 6.54 Å². The molecule has 0 unspecified atom stereocenters. The molecule has 8 heteroatoms. The number of hydrogen-bond donors (Lipinski definition) is 1. The molecule has 110 valence electrons. The zero-order valence-electron chi connectivity index (χ0n) is 11.6. The van der Waals surface area contributed by atoms with Gasteiger partial charge in [-0.1, -0.05) is 0 Å². The van der Waals surface area contributed by atoms with E-state index in [4.69, 9.17) is 4.74 Å². The minimum Gasteiger partial charge on any atom is -0.490 e. The molecule has 1 N–H and O–H groups in total. The maximum atomic E-state index is 12.3. The molecule has 1 amide bonds. The van der Waals surface area contributed by atoms with Crippen LogP contribution >= 0.6 is 0 Å². The summed E-state index contributed by atoms with van der Waals surface area (Å²) in [6, 6.07) is 4.11. The number of carbonyl (C=O) groups excluding carboxylic acids is 1. The Labute approximate surface area is 120 Å². The number of nitrogens with one attached hydrogen (secondary N) is 1. The van der Waals surface area contributed by atoms with Crippen molar-refractivity contribution in [3.63, 3.8) is 0 Å². The lowest BCUT2D eigenvalue weighted by molar-refractivity contribution is -0.385. The van der Waals surface area contributed by atoms with E-state index in [1.807, 2.05) is 0 Å². The highest BCUT2D eigenvalue weighted by Crippen LogP contribution is 2.27. The Bertz CT molecular complexity index is 654. The Kier molecular flexibility index (Phi) is 4.17. The maximum absolute atomic E-state index is 12.3. The van der Waals surface area contributed by atoms with Gasteiger partial charge in [-0.15, -0.1) is 0 Å². The number of nitrogens with zero attached hydrogens (tertiary/aromatic N) is 3. The van der Waals surface area contributed by atoms with Crippen LogP contribution in [0.25, 0.3) is 0 Å². The molecule has 21 heavy (non-hydrogen) atoms. The number of hydrogen-bond acceptors (Lipinski definition) is 5. The summed E-state index contributed by atoms with van der Waals surface area (Å²) in [6.07, 6.45) is 3.25. The van der Waals surface area contributed by atoms with E-state index >= 15 is 0 Å². The van der Waals surface area contributed by atoms with Crippen LogP contribution in [0, 0.1) is 10.1 Å². The summed E-state index contributed by atoms with van der Waals surface area (Å²) < 4.78 is 4.91. The molecule has 1 heterocycles. The number of rotatable bonds is 5. The largest absolute Gasteiger partial charge is 0.490 e. The van der Waals surface area contributed by atoms with Crippen molar-refractivity contribution < 1.29 is 14.5 Å². The normalized spacial score (nSPS) is 10.2. The first-order valence-electron chi connectivity index (χ1n) is 6.09. The number of carbonyl (C=O) groups is 1. The molecule has 0 bridgehead atoms. The van der Waals surface area contributed by atoms with Crippen LogP contribution in [0.5, 0.6) is 5.75 Å². The van der Waals surface area contributed by atoms with E-state index < -0.39 is 4.92 Å². The zero-order valence-corrected chi connectivity index (χ0v) is 11.6. The second-order valence-corrected chi connectivity index (χ2v) is 4.34. The number of aromatic amines is 1. The van der Waals surface area contributed by atoms with E-state index in [2.05, 4.69) is 9.97 Å². The van der Waals surface area contributed by atoms with Crippen LogP contribution in [-0.4, -0.2) is 39.9 Å². The summed E-state index contributed by atoms with van der Waals surface area (Å²) in [5.41, 5.74) is -0.0219. The molecular weight excluding hydrogens is 276 g/mol. The first-order chi connectivity index (χ1) is 10.0. The van der Waals surface area contributed by atoms with Crippen LogP contribution in [0.2, 0.25) is 0 Å². The number of imidazole rings is 1. The molecule has 0 saturated carbocycles. The summed E-state index contributed by atoms with van der Waals surface area (Å²) in [6.45, 7) is 0.283. The SMILES string of the molecule is COc1ccc(C(=O)N(C)Cc2ncc[nH]2)cc1[N+](=O)[O-]. The summed E-state index contributed by atoms with van der Waals surface area (Å²) in [7, 11) is 2.94. The van der Waals surface area contributed by atoms with Gasteiger partial charge in [-0.05, 0) is 12.1 Å². The van der Waals surface area contributed by atoms with Gasteiger partial charge in [-0.2, -0.15) is 0 Å². The zero-order chi connectivity index (χ0) is 15.4. The average molecular weight is 290 g/mol. The van der Waals surface area contributed by atoms with Gasteiger partial charge in [0, 0.05) is 31.1 Å². The van der Waals surface area contributed by atoms with Gasteiger partial charge >= 0.3 is 5.69 Å². The summed E-state index contributed by atoms with van der Waals surface area (Å²) in [4.78, 5) is 31.0. The number of amides is 1. The van der Waals surface area contributed by atoms with Gasteiger partial charge in [0.2, 0.25) is 0 Å². The number of benzene rings is 1. The van der Waals surface area contributed by atoms with E-state index in [0.29, 0.717) is 5.82 Å². The first-order valence-corrected chi connectivity index (χ1v) is 6.09. The molecule has 0 saturated heterocycles. The van der Waals surface area contributed by atoms with E-state index in [-0.39, 0.29) is 29.5 Å². The van der Waals surface area contributed by atoms with E-state index in [1.54, 1.807) is 19.4 Å². The van der Waals surface area contributed by atoms with Crippen molar-refractivity contribution in [1.82, 2.24) is 14.9 Å². The van der Waals surface area contributed by atoms with Crippen LogP contribution in [0.15, 0.2) is 30.6 Å². The molecule has 1 aromatic carbocycles. The van der Waals surface area contributed by atoms with E-state index in [0.717, 1.165) is 0 Å². The second kappa shape index (κ2) is 6.04. The predicted molar refractivity (Wildman–Crippen MR) is 74.0 cm³/mol. The highest BCUT2D eigenvalue weighted by molar-refractivity contribution is 5.95. The van der Waals surface area contributed by atoms with Gasteiger partial charge in [0.15, 0.2) is 5.75 Å². The fourth-order valence-corrected chi connectivity index (χ4v) is 1.87. The van der Waals surface area contributed by atoms with E-state index in [1.165, 1.54) is 30.2 Å². The minimum atomic E-state index is -0.581. The average Bonchev–Trinajstić information content (AvgIpc) is 2.98. The van der Waals surface area contributed by atoms with Crippen LogP contribution < -0.4 is 4.74 Å². The highest BCUT2D eigenvalue weighted by atomic mass is 16.6. The van der Waals surface area contributed by atoms with Crippen LogP contribution in [-0.2, 0) is 6.54 Å². The Morgan fingerprint density at radius 3 is 2.86 bits per heavy atom. The fourth-order valence-electron chi connectivity index (χ4n) is 1.87. The van der Waals surface area contributed by atoms with Crippen molar-refractivity contribution in [2.75, 3.05) is 14.2 Å². The van der Waals surface area contributed by atoms with Crippen molar-refractivity contribution >= 4 is 11.6 Å². The molecule has 8 nitrogen and oxygen atoms in total. The quantitative estimate of drug-likeness (QED) is 0.665. The van der Waals surface area contributed by atoms with E-state index in [9.17, 15) is 14.9 Å². The van der Waals surface area contributed by atoms with Crippen molar-refractivity contribution in [3.8, 4) is 5.75 Å². The molecule has 2 aromatic rings. The van der Waals surface area contributed by atoms with Crippen molar-refractivity contribution in [3.05, 3.63) is 52.1 Å². The smallest absolute Gasteiger partial charge is 0.311 e. The first kappa shape index (κ1) is 14.5. The molecule has 0 aliphatic rings. The van der Waals surface area contributed by atoms with Gasteiger partial charge in [0.25, 0.3) is 5.91 Å². The Balaban J connectivity index is 2.22. The third kappa shape index (κ3) is 3.16. The summed E-state index contributed by atoms with van der Waals surface area (Å²) in [5, 5.41) is 11.0. The number of H-pyrrole nitrogens is 1. The van der Waals surface area contributed by atoms with Gasteiger partial charge in [0.1, 0.15) is 5.82 Å². The minimum absolute atomic E-state index is 0.116. The molecule has 0 fully saturated rings. The Morgan fingerprint density at radius 2 is 2.29 bits per heavy atom. The summed E-state index contributed by atoms with van der Waals surface area (Å²) in [5.74, 6) is 0.413. The monoisotopic (exact) mass is 290 g/mol. The van der Waals surface area contributed by atoms with Crippen LogP contribution in [0.3, 0.4) is 0 Å². The number of ether oxygens (including phenoxy) is 1. The molecule has 2 rings (SSSR count). The highest BCUT2D eigenvalue weighted by Gasteiger charge is 2.20. The third-order valence-electron chi connectivity index (χ3n) is 2.91. The Morgan fingerprint density at radius 1 is 1.52 bits per heavy atom. The molecule has 0 spiro atoms. The molecule has 0 radical (unpaired) electrons. The number of methoxy groups -OCH3 is 1. The fraction of sp³-hybridized carbons (Fsp3) is 0.231. The molecule has 0 aliphatic heterocycles. The lowest BCUT2D eigenvalue weighted by atomic mass is 10.1. The van der Waals surface area contributed by atoms with Crippen molar-refractivity contribution in [1.29, 1.82) is 0 Å². The lowest BCUT2D eigenvalue weighted by Crippen LogP contribution is -2.26. The number of nitro benzene ring substituents is 1. The molecule has 1 aromatic heterocycles. The topological polar surface area (TPSA) is 101 Å². The molecule has 0 atom stereocenters. The lowest BCUT2D eigenvalue weighted by Gasteiger charge is -2.16. The number of nitro groups is 1. The van der Waals surface area contributed by atoms with Gasteiger partial charge in [0.05, 0.1) is 18.6 Å². The van der Waals surface area contributed by atoms with Gasteiger partial charge in [-0.25, -0.2) is 4.98 Å². The number of aromatic nitrogens is 2. The van der Waals surface area contributed by atoms with Crippen LogP contribution in [0.4, 0.5) is 5.69 Å². The van der Waals surface area contributed by atoms with Crippen LogP contribution in [0.1, 0.15) is 16.2 Å². The summed E-state index contributed by atoms with van der Waals surface area (Å²) >= 11 is 0. The predicted octanol–water partition coefficient (Wildman–Crippen LogP) is 1.60. The standard InChI is InChI=1S/C13H14N4O4/c1-16(8-12-14-5-6-15-12)13(18)9-3-4-11(21-2)10(7-9)17(19)20/h3-7H,8H2,1-2H3,(H,14,15). The van der Waals surface area contributed by atoms with Gasteiger partial charge < -0.3 is 14.6 Å². The van der Waals surface area contributed by atoms with Gasteiger partial charge in [-0.3, -0.25) is 14.9 Å². The maximum Gasteiger partial charge on any atom is 0.311 e. The Hall–Kier alpha value is -2.90. The molecule has 0 aliphatic carbocycles.